The van der Waals surface area contributed by atoms with Gasteiger partial charge in [0.05, 0.1) is 6.04 Å². The fraction of sp³-hybridized carbons (Fsp3) is 0.909. The molecule has 3 atom stereocenters. The lowest BCUT2D eigenvalue weighted by molar-refractivity contribution is 0.0191. The lowest BCUT2D eigenvalue weighted by atomic mass is 10.2. The maximum absolute atomic E-state index is 11.9. The van der Waals surface area contributed by atoms with Gasteiger partial charge < -0.3 is 4.74 Å². The standard InChI is InChI=1S/C11H18N2O3/c1-11(2,3)16-10(14)13-8(6-12-15)4-7-5-9(7)13/h7-9H,4-6H2,1-3H3/t7-,8+,9+/m0/s1. The van der Waals surface area contributed by atoms with E-state index >= 15 is 0 Å². The molecule has 0 spiro atoms. The molecular weight excluding hydrogens is 208 g/mol. The summed E-state index contributed by atoms with van der Waals surface area (Å²) in [6.45, 7) is 5.72. The largest absolute Gasteiger partial charge is 0.444 e. The monoisotopic (exact) mass is 226 g/mol. The number of fused-ring (bicyclic) bond motifs is 1. The van der Waals surface area contributed by atoms with Crippen LogP contribution in [0.25, 0.3) is 0 Å². The van der Waals surface area contributed by atoms with Crippen LogP contribution in [0.2, 0.25) is 0 Å². The van der Waals surface area contributed by atoms with Crippen molar-refractivity contribution in [3.63, 3.8) is 0 Å². The first-order chi connectivity index (χ1) is 7.42. The second kappa shape index (κ2) is 3.71. The van der Waals surface area contributed by atoms with E-state index in [0.717, 1.165) is 12.8 Å². The quantitative estimate of drug-likeness (QED) is 0.678. The van der Waals surface area contributed by atoms with Crippen molar-refractivity contribution in [2.24, 2.45) is 11.1 Å². The van der Waals surface area contributed by atoms with Crippen LogP contribution in [0.1, 0.15) is 33.6 Å². The van der Waals surface area contributed by atoms with Gasteiger partial charge in [-0.15, -0.1) is 0 Å². The van der Waals surface area contributed by atoms with Crippen LogP contribution >= 0.6 is 0 Å². The van der Waals surface area contributed by atoms with E-state index in [1.54, 1.807) is 4.90 Å². The van der Waals surface area contributed by atoms with Gasteiger partial charge in [0, 0.05) is 6.04 Å². The fourth-order valence-corrected chi connectivity index (χ4v) is 2.41. The highest BCUT2D eigenvalue weighted by atomic mass is 16.6. The number of likely N-dealkylation sites (tertiary alicyclic amines) is 1. The highest BCUT2D eigenvalue weighted by Crippen LogP contribution is 2.48. The van der Waals surface area contributed by atoms with Gasteiger partial charge in [0.2, 0.25) is 0 Å². The third-order valence-electron chi connectivity index (χ3n) is 3.10. The maximum atomic E-state index is 11.9. The summed E-state index contributed by atoms with van der Waals surface area (Å²) >= 11 is 0. The minimum Gasteiger partial charge on any atom is -0.444 e. The topological polar surface area (TPSA) is 59.0 Å². The van der Waals surface area contributed by atoms with Gasteiger partial charge in [0.15, 0.2) is 0 Å². The Morgan fingerprint density at radius 1 is 1.44 bits per heavy atom. The van der Waals surface area contributed by atoms with Gasteiger partial charge in [0.25, 0.3) is 0 Å². The molecule has 1 amide bonds. The maximum Gasteiger partial charge on any atom is 0.410 e. The van der Waals surface area contributed by atoms with E-state index in [1.807, 2.05) is 20.8 Å². The van der Waals surface area contributed by atoms with E-state index in [1.165, 1.54) is 0 Å². The Labute approximate surface area is 95.1 Å². The molecule has 0 aromatic carbocycles. The third-order valence-corrected chi connectivity index (χ3v) is 3.10. The van der Waals surface area contributed by atoms with Gasteiger partial charge >= 0.3 is 6.09 Å². The summed E-state index contributed by atoms with van der Waals surface area (Å²) < 4.78 is 5.34. The molecule has 1 heterocycles. The molecule has 90 valence electrons. The first-order valence-electron chi connectivity index (χ1n) is 5.73. The van der Waals surface area contributed by atoms with Crippen molar-refractivity contribution in [1.29, 1.82) is 0 Å². The molecule has 16 heavy (non-hydrogen) atoms. The summed E-state index contributed by atoms with van der Waals surface area (Å²) in [4.78, 5) is 24.0. The van der Waals surface area contributed by atoms with Crippen LogP contribution < -0.4 is 0 Å². The van der Waals surface area contributed by atoms with Crippen LogP contribution in [-0.2, 0) is 4.74 Å². The molecule has 0 bridgehead atoms. The molecule has 1 aliphatic heterocycles. The van der Waals surface area contributed by atoms with Gasteiger partial charge in [0.1, 0.15) is 12.1 Å². The van der Waals surface area contributed by atoms with Crippen molar-refractivity contribution < 1.29 is 9.53 Å². The van der Waals surface area contributed by atoms with Crippen molar-refractivity contribution in [3.8, 4) is 0 Å². The van der Waals surface area contributed by atoms with E-state index in [-0.39, 0.29) is 18.7 Å². The molecule has 5 nitrogen and oxygen atoms in total. The Kier molecular flexibility index (Phi) is 2.64. The van der Waals surface area contributed by atoms with Crippen molar-refractivity contribution in [3.05, 3.63) is 4.91 Å². The van der Waals surface area contributed by atoms with Crippen molar-refractivity contribution >= 4 is 6.09 Å². The number of rotatable bonds is 2. The number of hydrogen-bond donors (Lipinski definition) is 0. The predicted octanol–water partition coefficient (Wildman–Crippen LogP) is 2.15. The number of carbonyl (C=O) groups is 1. The number of carbonyl (C=O) groups excluding carboxylic acids is 1. The smallest absolute Gasteiger partial charge is 0.410 e. The van der Waals surface area contributed by atoms with Gasteiger partial charge in [-0.25, -0.2) is 4.79 Å². The van der Waals surface area contributed by atoms with Crippen LogP contribution in [0, 0.1) is 10.8 Å². The Balaban J connectivity index is 2.00. The van der Waals surface area contributed by atoms with E-state index in [4.69, 9.17) is 4.74 Å². The van der Waals surface area contributed by atoms with E-state index in [0.29, 0.717) is 12.0 Å². The summed E-state index contributed by atoms with van der Waals surface area (Å²) in [5, 5.41) is 2.90. The second-order valence-electron chi connectivity index (χ2n) is 5.65. The summed E-state index contributed by atoms with van der Waals surface area (Å²) in [5.74, 6) is 0.569. The zero-order valence-electron chi connectivity index (χ0n) is 9.97. The number of piperidine rings is 1. The molecule has 2 aliphatic rings. The first kappa shape index (κ1) is 11.4. The Hall–Kier alpha value is -1.13. The van der Waals surface area contributed by atoms with Crippen LogP contribution in [-0.4, -0.2) is 35.2 Å². The summed E-state index contributed by atoms with van der Waals surface area (Å²) in [5.41, 5.74) is -0.483. The molecule has 0 aromatic rings. The van der Waals surface area contributed by atoms with Crippen molar-refractivity contribution in [2.75, 3.05) is 6.54 Å². The number of nitrogens with zero attached hydrogens (tertiary/aromatic N) is 2. The highest BCUT2D eigenvalue weighted by molar-refractivity contribution is 5.70. The number of hydrogen-bond acceptors (Lipinski definition) is 4. The molecule has 0 N–H and O–H groups in total. The molecular formula is C11H18N2O3. The number of nitroso groups, excluding NO2 is 1. The Morgan fingerprint density at radius 2 is 2.12 bits per heavy atom. The zero-order valence-corrected chi connectivity index (χ0v) is 9.97. The molecule has 0 radical (unpaired) electrons. The lowest BCUT2D eigenvalue weighted by Crippen LogP contribution is -2.43. The minimum atomic E-state index is -0.483. The Bertz CT molecular complexity index is 311. The van der Waals surface area contributed by atoms with Crippen LogP contribution in [0.5, 0.6) is 0 Å². The molecule has 0 aromatic heterocycles. The van der Waals surface area contributed by atoms with E-state index < -0.39 is 5.60 Å². The second-order valence-corrected chi connectivity index (χ2v) is 5.65. The molecule has 2 rings (SSSR count). The van der Waals surface area contributed by atoms with E-state index in [9.17, 15) is 9.70 Å². The normalized spacial score (nSPS) is 32.2. The van der Waals surface area contributed by atoms with Crippen molar-refractivity contribution in [1.82, 2.24) is 4.90 Å². The first-order valence-corrected chi connectivity index (χ1v) is 5.73. The van der Waals surface area contributed by atoms with Crippen molar-refractivity contribution in [2.45, 2.75) is 51.3 Å². The zero-order chi connectivity index (χ0) is 11.9. The number of amides is 1. The summed E-state index contributed by atoms with van der Waals surface area (Å²) in [7, 11) is 0. The highest BCUT2D eigenvalue weighted by Gasteiger charge is 2.54. The van der Waals surface area contributed by atoms with Gasteiger partial charge in [-0.3, -0.25) is 4.90 Å². The molecule has 0 unspecified atom stereocenters. The van der Waals surface area contributed by atoms with Crippen LogP contribution in [0.15, 0.2) is 5.18 Å². The Morgan fingerprint density at radius 3 is 2.69 bits per heavy atom. The molecule has 5 heteroatoms. The molecule has 2 fully saturated rings. The average Bonchev–Trinajstić information content (AvgIpc) is 2.75. The summed E-state index contributed by atoms with van der Waals surface area (Å²) in [6, 6.07) is 0.248. The molecule has 1 aliphatic carbocycles. The summed E-state index contributed by atoms with van der Waals surface area (Å²) in [6.07, 6.45) is 1.65. The number of ether oxygens (including phenoxy) is 1. The van der Waals surface area contributed by atoms with Crippen LogP contribution in [0.3, 0.4) is 0 Å². The van der Waals surface area contributed by atoms with Crippen LogP contribution in [0.4, 0.5) is 4.79 Å². The molecule has 1 saturated carbocycles. The average molecular weight is 226 g/mol. The minimum absolute atomic E-state index is 0.0453. The van der Waals surface area contributed by atoms with E-state index in [2.05, 4.69) is 5.18 Å². The van der Waals surface area contributed by atoms with Gasteiger partial charge in [-0.05, 0) is 39.5 Å². The lowest BCUT2D eigenvalue weighted by Gasteiger charge is -2.29. The van der Waals surface area contributed by atoms with Gasteiger partial charge in [-0.2, -0.15) is 4.91 Å². The predicted molar refractivity (Wildman–Crippen MR) is 59.0 cm³/mol. The fourth-order valence-electron chi connectivity index (χ4n) is 2.41. The molecule has 1 saturated heterocycles. The van der Waals surface area contributed by atoms with Gasteiger partial charge in [-0.1, -0.05) is 5.18 Å². The third kappa shape index (κ3) is 2.18. The SMILES string of the molecule is CC(C)(C)OC(=O)N1[C@@H](CN=O)C[C@H]2C[C@H]21.